The number of allylic oxidation sites excluding steroid dienone is 1. The summed E-state index contributed by atoms with van der Waals surface area (Å²) in [6, 6.07) is 8.44. The summed E-state index contributed by atoms with van der Waals surface area (Å²) in [6.45, 7) is 8.87. The highest BCUT2D eigenvalue weighted by Crippen LogP contribution is 2.43. The third-order valence-corrected chi connectivity index (χ3v) is 5.64. The summed E-state index contributed by atoms with van der Waals surface area (Å²) in [6.07, 6.45) is 4.16. The number of fused-ring (bicyclic) bond motifs is 5. The van der Waals surface area contributed by atoms with E-state index < -0.39 is 0 Å². The molecule has 1 aromatic heterocycles. The average Bonchev–Trinajstić information content (AvgIpc) is 2.75. The smallest absolute Gasteiger partial charge is 0.161 e. The van der Waals surface area contributed by atoms with Crippen LogP contribution in [0.3, 0.4) is 0 Å². The number of methoxy groups -OCH3 is 2. The molecule has 1 aliphatic carbocycles. The molecule has 0 spiro atoms. The fourth-order valence-electron chi connectivity index (χ4n) is 4.45. The second-order valence-electron chi connectivity index (χ2n) is 7.48. The van der Waals surface area contributed by atoms with Crippen LogP contribution in [0.25, 0.3) is 21.7 Å². The Labute approximate surface area is 154 Å². The molecule has 0 N–H and O–H groups in total. The molecule has 134 valence electrons. The van der Waals surface area contributed by atoms with Gasteiger partial charge in [-0.05, 0) is 53.3 Å². The lowest BCUT2D eigenvalue weighted by Gasteiger charge is -2.19. The van der Waals surface area contributed by atoms with E-state index in [1.165, 1.54) is 22.1 Å². The third kappa shape index (κ3) is 2.54. The van der Waals surface area contributed by atoms with Crippen molar-refractivity contribution in [2.75, 3.05) is 14.2 Å². The Hall–Kier alpha value is -2.55. The van der Waals surface area contributed by atoms with Gasteiger partial charge in [-0.25, -0.2) is 0 Å². The Bertz CT molecular complexity index is 1020. The minimum absolute atomic E-state index is 0.450. The third-order valence-electron chi connectivity index (χ3n) is 5.64. The van der Waals surface area contributed by atoms with Crippen molar-refractivity contribution in [3.8, 4) is 11.5 Å². The number of nitrogens with zero attached hydrogens (tertiary/aromatic N) is 1. The second-order valence-corrected chi connectivity index (χ2v) is 7.48. The van der Waals surface area contributed by atoms with Crippen molar-refractivity contribution in [1.29, 1.82) is 0 Å². The average molecular weight is 347 g/mol. The van der Waals surface area contributed by atoms with E-state index in [0.717, 1.165) is 40.6 Å². The van der Waals surface area contributed by atoms with Crippen LogP contribution in [0.15, 0.2) is 42.6 Å². The first kappa shape index (κ1) is 16.9. The molecule has 0 amide bonds. The molecule has 3 nitrogen and oxygen atoms in total. The lowest BCUT2D eigenvalue weighted by atomic mass is 9.88. The minimum atomic E-state index is 0.450. The lowest BCUT2D eigenvalue weighted by Crippen LogP contribution is -2.02. The summed E-state index contributed by atoms with van der Waals surface area (Å²) >= 11 is 0. The Morgan fingerprint density at radius 1 is 0.962 bits per heavy atom. The van der Waals surface area contributed by atoms with Crippen LogP contribution in [-0.4, -0.2) is 19.2 Å². The Balaban J connectivity index is 2.05. The number of rotatable bonds is 2. The van der Waals surface area contributed by atoms with E-state index >= 15 is 0 Å². The van der Waals surface area contributed by atoms with Crippen molar-refractivity contribution in [3.63, 3.8) is 0 Å². The van der Waals surface area contributed by atoms with Gasteiger partial charge in [0.2, 0.25) is 0 Å². The maximum Gasteiger partial charge on any atom is 0.161 e. The number of ether oxygens (including phenoxy) is 2. The van der Waals surface area contributed by atoms with Gasteiger partial charge in [-0.3, -0.25) is 4.98 Å². The Morgan fingerprint density at radius 3 is 2.38 bits per heavy atom. The van der Waals surface area contributed by atoms with Crippen molar-refractivity contribution in [2.45, 2.75) is 38.5 Å². The number of hydrogen-bond acceptors (Lipinski definition) is 3. The van der Waals surface area contributed by atoms with Crippen LogP contribution < -0.4 is 9.47 Å². The van der Waals surface area contributed by atoms with Crippen LogP contribution in [0, 0.1) is 0 Å². The zero-order valence-electron chi connectivity index (χ0n) is 15.9. The molecule has 2 aromatic carbocycles. The number of aromatic nitrogens is 1. The molecule has 0 saturated carbocycles. The highest BCUT2D eigenvalue weighted by molar-refractivity contribution is 6.07. The van der Waals surface area contributed by atoms with Gasteiger partial charge < -0.3 is 9.47 Å². The molecule has 1 aliphatic rings. The molecule has 1 unspecified atom stereocenters. The van der Waals surface area contributed by atoms with Crippen LogP contribution in [0.5, 0.6) is 11.5 Å². The van der Waals surface area contributed by atoms with Crippen LogP contribution in [0.2, 0.25) is 0 Å². The maximum absolute atomic E-state index is 5.51. The van der Waals surface area contributed by atoms with Crippen LogP contribution >= 0.6 is 0 Å². The van der Waals surface area contributed by atoms with Gasteiger partial charge in [-0.1, -0.05) is 38.1 Å². The molecular formula is C23H25NO2. The molecule has 0 bridgehead atoms. The zero-order valence-corrected chi connectivity index (χ0v) is 15.9. The van der Waals surface area contributed by atoms with Gasteiger partial charge in [-0.15, -0.1) is 0 Å². The fraction of sp³-hybridized carbons (Fsp3) is 0.348. The first-order chi connectivity index (χ1) is 12.5. The minimum Gasteiger partial charge on any atom is -0.493 e. The largest absolute Gasteiger partial charge is 0.493 e. The molecule has 4 rings (SSSR count). The van der Waals surface area contributed by atoms with Crippen molar-refractivity contribution in [1.82, 2.24) is 4.98 Å². The second kappa shape index (κ2) is 6.31. The summed E-state index contributed by atoms with van der Waals surface area (Å²) in [4.78, 5) is 4.88. The maximum atomic E-state index is 5.51. The van der Waals surface area contributed by atoms with E-state index in [1.54, 1.807) is 14.2 Å². The normalized spacial score (nSPS) is 20.1. The van der Waals surface area contributed by atoms with Gasteiger partial charge in [0.1, 0.15) is 0 Å². The van der Waals surface area contributed by atoms with Crippen molar-refractivity contribution in [2.24, 2.45) is 0 Å². The molecule has 0 fully saturated rings. The predicted molar refractivity (Wildman–Crippen MR) is 108 cm³/mol. The molecule has 0 aliphatic heterocycles. The Morgan fingerprint density at radius 2 is 1.65 bits per heavy atom. The van der Waals surface area contributed by atoms with Gasteiger partial charge in [0, 0.05) is 17.0 Å². The van der Waals surface area contributed by atoms with Crippen molar-refractivity contribution >= 4 is 21.7 Å². The predicted octanol–water partition coefficient (Wildman–Crippen LogP) is 5.96. The standard InChI is InChI=1S/C23H25NO2/c1-13-8-14(2)19-12-24-23-17(22(19)15(3)9-13)7-6-16-10-20(25-4)21(26-5)11-18(16)23/h6-7,10-12,14-15H,1,8-9H2,2-5H3/t14-,15?/m0/s1. The zero-order chi connectivity index (χ0) is 18.4. The van der Waals surface area contributed by atoms with E-state index in [1.807, 2.05) is 12.1 Å². The molecule has 3 heteroatoms. The number of pyridine rings is 1. The monoisotopic (exact) mass is 347 g/mol. The van der Waals surface area contributed by atoms with E-state index in [9.17, 15) is 0 Å². The van der Waals surface area contributed by atoms with Gasteiger partial charge in [-0.2, -0.15) is 0 Å². The van der Waals surface area contributed by atoms with Crippen molar-refractivity contribution in [3.05, 3.63) is 53.7 Å². The van der Waals surface area contributed by atoms with E-state index in [0.29, 0.717) is 11.8 Å². The van der Waals surface area contributed by atoms with Gasteiger partial charge >= 0.3 is 0 Å². The highest BCUT2D eigenvalue weighted by Gasteiger charge is 2.25. The van der Waals surface area contributed by atoms with Crippen molar-refractivity contribution < 1.29 is 9.47 Å². The highest BCUT2D eigenvalue weighted by atomic mass is 16.5. The molecule has 0 radical (unpaired) electrons. The van der Waals surface area contributed by atoms with E-state index in [2.05, 4.69) is 38.8 Å². The Kier molecular flexibility index (Phi) is 4.10. The quantitative estimate of drug-likeness (QED) is 0.325. The van der Waals surface area contributed by atoms with Crippen LogP contribution in [-0.2, 0) is 0 Å². The SMILES string of the molecule is C=C1CC(C)c2c(cnc3c2ccc2cc(OC)c(OC)cc23)[C@@H](C)C1. The molecule has 1 heterocycles. The summed E-state index contributed by atoms with van der Waals surface area (Å²) in [5, 5.41) is 3.46. The fourth-order valence-corrected chi connectivity index (χ4v) is 4.45. The lowest BCUT2D eigenvalue weighted by molar-refractivity contribution is 0.356. The molecular weight excluding hydrogens is 322 g/mol. The van der Waals surface area contributed by atoms with E-state index in [-0.39, 0.29) is 0 Å². The molecule has 0 saturated heterocycles. The molecule has 2 atom stereocenters. The first-order valence-corrected chi connectivity index (χ1v) is 9.17. The summed E-state index contributed by atoms with van der Waals surface area (Å²) < 4.78 is 11.0. The molecule has 3 aromatic rings. The number of hydrogen-bond donors (Lipinski definition) is 0. The van der Waals surface area contributed by atoms with Gasteiger partial charge in [0.05, 0.1) is 19.7 Å². The van der Waals surface area contributed by atoms with Crippen LogP contribution in [0.4, 0.5) is 0 Å². The summed E-state index contributed by atoms with van der Waals surface area (Å²) in [7, 11) is 3.34. The summed E-state index contributed by atoms with van der Waals surface area (Å²) in [5.74, 6) is 2.39. The number of benzene rings is 2. The first-order valence-electron chi connectivity index (χ1n) is 9.17. The summed E-state index contributed by atoms with van der Waals surface area (Å²) in [5.41, 5.74) is 5.16. The molecule has 26 heavy (non-hydrogen) atoms. The van der Waals surface area contributed by atoms with Gasteiger partial charge in [0.15, 0.2) is 11.5 Å². The topological polar surface area (TPSA) is 31.4 Å². The van der Waals surface area contributed by atoms with Crippen LogP contribution in [0.1, 0.15) is 49.7 Å². The van der Waals surface area contributed by atoms with E-state index in [4.69, 9.17) is 14.5 Å². The van der Waals surface area contributed by atoms with Gasteiger partial charge in [0.25, 0.3) is 0 Å².